The highest BCUT2D eigenvalue weighted by Crippen LogP contribution is 2.28. The molecule has 5 heteroatoms. The molecule has 2 rings (SSSR count). The first-order valence-electron chi connectivity index (χ1n) is 5.37. The summed E-state index contributed by atoms with van der Waals surface area (Å²) in [4.78, 5) is 9.82. The minimum absolute atomic E-state index is 0.148. The van der Waals surface area contributed by atoms with Gasteiger partial charge in [-0.3, -0.25) is 0 Å². The summed E-state index contributed by atoms with van der Waals surface area (Å²) in [5, 5.41) is 0. The lowest BCUT2D eigenvalue weighted by atomic mass is 10.1. The number of thioether (sulfide) groups is 1. The van der Waals surface area contributed by atoms with Gasteiger partial charge in [-0.15, -0.1) is 11.8 Å². The first-order valence-corrected chi connectivity index (χ1v) is 6.59. The Morgan fingerprint density at radius 2 is 2.24 bits per heavy atom. The molecule has 0 radical (unpaired) electrons. The molecule has 4 nitrogen and oxygen atoms in total. The minimum Gasteiger partial charge on any atom is -0.481 e. The number of rotatable bonds is 3. The Hall–Kier alpha value is -1.23. The van der Waals surface area contributed by atoms with E-state index in [-0.39, 0.29) is 5.54 Å². The second-order valence-electron chi connectivity index (χ2n) is 4.45. The third-order valence-electron chi connectivity index (χ3n) is 2.47. The molecule has 0 N–H and O–H groups in total. The Kier molecular flexibility index (Phi) is 3.28. The van der Waals surface area contributed by atoms with Crippen LogP contribution in [0.15, 0.2) is 22.2 Å². The van der Waals surface area contributed by atoms with Gasteiger partial charge < -0.3 is 9.47 Å². The molecule has 1 aromatic rings. The summed E-state index contributed by atoms with van der Waals surface area (Å²) >= 11 is 1.63. The van der Waals surface area contributed by atoms with E-state index in [1.54, 1.807) is 25.1 Å². The zero-order valence-corrected chi connectivity index (χ0v) is 11.3. The Morgan fingerprint density at radius 3 is 2.76 bits per heavy atom. The maximum absolute atomic E-state index is 5.63. The monoisotopic (exact) mass is 252 g/mol. The number of ether oxygens (including phenoxy) is 2. The molecule has 2 heterocycles. The lowest BCUT2D eigenvalue weighted by molar-refractivity contribution is 0.279. The molecule has 0 bridgehead atoms. The maximum atomic E-state index is 5.63. The largest absolute Gasteiger partial charge is 0.481 e. The molecule has 0 spiro atoms. The predicted octanol–water partition coefficient (Wildman–Crippen LogP) is 2.37. The Bertz CT molecular complexity index is 458. The Labute approximate surface area is 105 Å². The van der Waals surface area contributed by atoms with Crippen LogP contribution in [0, 0.1) is 0 Å². The van der Waals surface area contributed by atoms with Gasteiger partial charge in [0.05, 0.1) is 18.2 Å². The first kappa shape index (κ1) is 12.2. The average Bonchev–Trinajstić information content (AvgIpc) is 2.68. The fourth-order valence-electron chi connectivity index (χ4n) is 1.58. The third kappa shape index (κ3) is 2.54. The van der Waals surface area contributed by atoms with E-state index < -0.39 is 0 Å². The number of aliphatic imine (C=N–C) groups is 1. The van der Waals surface area contributed by atoms with Crippen LogP contribution in [-0.2, 0) is 4.74 Å². The molecular weight excluding hydrogens is 236 g/mol. The highest BCUT2D eigenvalue weighted by molar-refractivity contribution is 7.98. The smallest absolute Gasteiger partial charge is 0.219 e. The molecule has 0 atom stereocenters. The van der Waals surface area contributed by atoms with E-state index in [9.17, 15) is 0 Å². The quantitative estimate of drug-likeness (QED) is 0.775. The van der Waals surface area contributed by atoms with Crippen LogP contribution in [0.2, 0.25) is 0 Å². The van der Waals surface area contributed by atoms with Crippen LogP contribution in [0.4, 0.5) is 0 Å². The standard InChI is InChI=1S/C12H16N2O2S/c1-12(2)7-16-11(14-12)8-6-13-10(15-3)5-9(8)17-4/h5-6H,7H2,1-4H3. The Morgan fingerprint density at radius 1 is 1.47 bits per heavy atom. The van der Waals surface area contributed by atoms with E-state index >= 15 is 0 Å². The number of hydrogen-bond donors (Lipinski definition) is 0. The Balaban J connectivity index is 2.39. The van der Waals surface area contributed by atoms with Crippen molar-refractivity contribution in [3.63, 3.8) is 0 Å². The van der Waals surface area contributed by atoms with Gasteiger partial charge in [0.1, 0.15) is 6.61 Å². The summed E-state index contributed by atoms with van der Waals surface area (Å²) < 4.78 is 10.7. The molecule has 1 aromatic heterocycles. The van der Waals surface area contributed by atoms with E-state index in [4.69, 9.17) is 9.47 Å². The van der Waals surface area contributed by atoms with Gasteiger partial charge in [-0.1, -0.05) is 0 Å². The van der Waals surface area contributed by atoms with Gasteiger partial charge in [-0.25, -0.2) is 9.98 Å². The van der Waals surface area contributed by atoms with Crippen LogP contribution in [0.1, 0.15) is 19.4 Å². The number of methoxy groups -OCH3 is 1. The van der Waals surface area contributed by atoms with Crippen LogP contribution < -0.4 is 4.74 Å². The van der Waals surface area contributed by atoms with E-state index in [0.717, 1.165) is 10.5 Å². The lowest BCUT2D eigenvalue weighted by Crippen LogP contribution is -2.17. The summed E-state index contributed by atoms with van der Waals surface area (Å²) in [5.41, 5.74) is 0.786. The van der Waals surface area contributed by atoms with E-state index in [2.05, 4.69) is 23.8 Å². The molecular formula is C12H16N2O2S. The van der Waals surface area contributed by atoms with Crippen molar-refractivity contribution in [3.8, 4) is 5.88 Å². The molecule has 1 aliphatic rings. The maximum Gasteiger partial charge on any atom is 0.219 e. The molecule has 0 saturated heterocycles. The number of hydrogen-bond acceptors (Lipinski definition) is 5. The normalized spacial score (nSPS) is 17.5. The van der Waals surface area contributed by atoms with Crippen molar-refractivity contribution in [1.29, 1.82) is 0 Å². The van der Waals surface area contributed by atoms with Crippen molar-refractivity contribution in [2.45, 2.75) is 24.3 Å². The van der Waals surface area contributed by atoms with Crippen molar-refractivity contribution in [1.82, 2.24) is 4.98 Å². The number of pyridine rings is 1. The number of aromatic nitrogens is 1. The average molecular weight is 252 g/mol. The second-order valence-corrected chi connectivity index (χ2v) is 5.29. The molecule has 17 heavy (non-hydrogen) atoms. The van der Waals surface area contributed by atoms with Gasteiger partial charge in [-0.2, -0.15) is 0 Å². The summed E-state index contributed by atoms with van der Waals surface area (Å²) in [5.74, 6) is 1.28. The molecule has 0 unspecified atom stereocenters. The van der Waals surface area contributed by atoms with Crippen molar-refractivity contribution >= 4 is 17.7 Å². The number of nitrogens with zero attached hydrogens (tertiary/aromatic N) is 2. The topological polar surface area (TPSA) is 43.7 Å². The summed E-state index contributed by atoms with van der Waals surface area (Å²) in [6, 6.07) is 1.90. The molecule has 0 aliphatic carbocycles. The van der Waals surface area contributed by atoms with Crippen molar-refractivity contribution in [2.24, 2.45) is 4.99 Å². The highest BCUT2D eigenvalue weighted by Gasteiger charge is 2.28. The van der Waals surface area contributed by atoms with Gasteiger partial charge >= 0.3 is 0 Å². The van der Waals surface area contributed by atoms with E-state index in [1.807, 2.05) is 12.3 Å². The van der Waals surface area contributed by atoms with E-state index in [1.165, 1.54) is 0 Å². The van der Waals surface area contributed by atoms with Crippen LogP contribution in [0.5, 0.6) is 5.88 Å². The molecule has 0 aromatic carbocycles. The zero-order chi connectivity index (χ0) is 12.5. The molecule has 0 fully saturated rings. The van der Waals surface area contributed by atoms with Gasteiger partial charge in [-0.05, 0) is 20.1 Å². The SMILES string of the molecule is COc1cc(SC)c(C2=NC(C)(C)CO2)cn1. The predicted molar refractivity (Wildman–Crippen MR) is 69.1 cm³/mol. The van der Waals surface area contributed by atoms with Gasteiger partial charge in [0.2, 0.25) is 11.8 Å². The fourth-order valence-corrected chi connectivity index (χ4v) is 2.16. The van der Waals surface area contributed by atoms with E-state index in [0.29, 0.717) is 18.4 Å². The minimum atomic E-state index is -0.148. The highest BCUT2D eigenvalue weighted by atomic mass is 32.2. The van der Waals surface area contributed by atoms with Crippen molar-refractivity contribution in [3.05, 3.63) is 17.8 Å². The molecule has 1 aliphatic heterocycles. The van der Waals surface area contributed by atoms with Gasteiger partial charge in [0.15, 0.2) is 0 Å². The lowest BCUT2D eigenvalue weighted by Gasteiger charge is -2.08. The van der Waals surface area contributed by atoms with Crippen LogP contribution >= 0.6 is 11.8 Å². The van der Waals surface area contributed by atoms with Crippen LogP contribution in [-0.4, -0.2) is 36.4 Å². The van der Waals surface area contributed by atoms with Gasteiger partial charge in [0.25, 0.3) is 0 Å². The third-order valence-corrected chi connectivity index (χ3v) is 3.24. The summed E-state index contributed by atoms with van der Waals surface area (Å²) in [6.07, 6.45) is 3.77. The summed E-state index contributed by atoms with van der Waals surface area (Å²) in [7, 11) is 1.61. The van der Waals surface area contributed by atoms with Gasteiger partial charge in [0, 0.05) is 17.2 Å². The first-order chi connectivity index (χ1) is 8.05. The fraction of sp³-hybridized carbons (Fsp3) is 0.500. The van der Waals surface area contributed by atoms with Crippen LogP contribution in [0.25, 0.3) is 0 Å². The van der Waals surface area contributed by atoms with Crippen molar-refractivity contribution < 1.29 is 9.47 Å². The molecule has 0 amide bonds. The second kappa shape index (κ2) is 4.56. The van der Waals surface area contributed by atoms with Crippen LogP contribution in [0.3, 0.4) is 0 Å². The molecule has 92 valence electrons. The van der Waals surface area contributed by atoms with Crippen molar-refractivity contribution in [2.75, 3.05) is 20.0 Å². The molecule has 0 saturated carbocycles. The summed E-state index contributed by atoms with van der Waals surface area (Å²) in [6.45, 7) is 4.72. The zero-order valence-electron chi connectivity index (χ0n) is 10.5.